The van der Waals surface area contributed by atoms with Crippen molar-refractivity contribution in [1.29, 1.82) is 0 Å². The van der Waals surface area contributed by atoms with Gasteiger partial charge in [0.25, 0.3) is 0 Å². The molecule has 0 atom stereocenters. The van der Waals surface area contributed by atoms with Crippen LogP contribution >= 0.6 is 0 Å². The van der Waals surface area contributed by atoms with Crippen molar-refractivity contribution in [3.8, 4) is 5.75 Å². The van der Waals surface area contributed by atoms with Gasteiger partial charge in [0.2, 0.25) is 0 Å². The van der Waals surface area contributed by atoms with Gasteiger partial charge in [0.05, 0.1) is 0 Å². The lowest BCUT2D eigenvalue weighted by Crippen LogP contribution is -2.36. The van der Waals surface area contributed by atoms with Crippen LogP contribution in [0.3, 0.4) is 0 Å². The molecular weight excluding hydrogens is 258 g/mol. The average molecular weight is 289 g/mol. The largest absolute Gasteiger partial charge is 0.487 e. The second-order valence-corrected chi connectivity index (χ2v) is 8.13. The highest BCUT2D eigenvalue weighted by Crippen LogP contribution is 2.40. The third-order valence-corrected chi connectivity index (χ3v) is 4.69. The Morgan fingerprint density at radius 1 is 1.05 bits per heavy atom. The highest BCUT2D eigenvalue weighted by molar-refractivity contribution is 5.55. The van der Waals surface area contributed by atoms with Crippen LogP contribution in [0.25, 0.3) is 0 Å². The predicted octanol–water partition coefficient (Wildman–Crippen LogP) is 4.60. The van der Waals surface area contributed by atoms with E-state index in [2.05, 4.69) is 60.7 Å². The van der Waals surface area contributed by atoms with Crippen LogP contribution in [0, 0.1) is 20.8 Å². The molecule has 1 heterocycles. The van der Waals surface area contributed by atoms with Crippen LogP contribution in [0.1, 0.15) is 68.9 Å². The van der Waals surface area contributed by atoms with E-state index in [1.165, 1.54) is 27.8 Å². The molecule has 118 valence electrons. The van der Waals surface area contributed by atoms with Crippen LogP contribution in [0.15, 0.2) is 0 Å². The van der Waals surface area contributed by atoms with Crippen LogP contribution in [0.5, 0.6) is 5.75 Å². The second-order valence-electron chi connectivity index (χ2n) is 8.13. The van der Waals surface area contributed by atoms with E-state index in [9.17, 15) is 0 Å². The summed E-state index contributed by atoms with van der Waals surface area (Å²) >= 11 is 0. The fourth-order valence-electron chi connectivity index (χ4n) is 3.07. The Morgan fingerprint density at radius 2 is 1.67 bits per heavy atom. The van der Waals surface area contributed by atoms with Gasteiger partial charge in [0.1, 0.15) is 11.4 Å². The number of benzene rings is 1. The smallest absolute Gasteiger partial charge is 0.126 e. The van der Waals surface area contributed by atoms with Gasteiger partial charge in [0, 0.05) is 12.1 Å². The molecule has 0 unspecified atom stereocenters. The molecule has 0 aromatic heterocycles. The minimum absolute atomic E-state index is 0.0399. The summed E-state index contributed by atoms with van der Waals surface area (Å²) in [5, 5.41) is 3.63. The molecule has 0 spiro atoms. The summed E-state index contributed by atoms with van der Waals surface area (Å²) in [6.45, 7) is 18.6. The van der Waals surface area contributed by atoms with Crippen LogP contribution in [0.2, 0.25) is 0 Å². The lowest BCUT2D eigenvalue weighted by Gasteiger charge is -2.36. The molecule has 0 radical (unpaired) electrons. The molecule has 0 fully saturated rings. The summed E-state index contributed by atoms with van der Waals surface area (Å²) in [7, 11) is 0. The van der Waals surface area contributed by atoms with Crippen molar-refractivity contribution < 1.29 is 4.74 Å². The van der Waals surface area contributed by atoms with E-state index in [1.807, 2.05) is 0 Å². The summed E-state index contributed by atoms with van der Waals surface area (Å²) in [5.74, 6) is 1.14. The van der Waals surface area contributed by atoms with Crippen LogP contribution < -0.4 is 10.1 Å². The van der Waals surface area contributed by atoms with E-state index >= 15 is 0 Å². The van der Waals surface area contributed by atoms with Crippen LogP contribution in [-0.2, 0) is 13.0 Å². The molecule has 1 aliphatic heterocycles. The molecule has 0 amide bonds. The number of nitrogens with one attached hydrogen (secondary N) is 1. The quantitative estimate of drug-likeness (QED) is 0.859. The first-order chi connectivity index (χ1) is 9.52. The molecule has 1 aromatic carbocycles. The highest BCUT2D eigenvalue weighted by atomic mass is 16.5. The maximum Gasteiger partial charge on any atom is 0.126 e. The second kappa shape index (κ2) is 5.31. The standard InChI is InChI=1S/C19H31NO/c1-12-13(2)17-15(9-10-19(7,8)21-17)14(3)16(12)11-20-18(4,5)6/h20H,9-11H2,1-8H3. The molecule has 0 aliphatic carbocycles. The summed E-state index contributed by atoms with van der Waals surface area (Å²) in [5.41, 5.74) is 7.07. The number of hydrogen-bond donors (Lipinski definition) is 1. The fourth-order valence-corrected chi connectivity index (χ4v) is 3.07. The van der Waals surface area contributed by atoms with Crippen molar-refractivity contribution in [2.24, 2.45) is 0 Å². The monoisotopic (exact) mass is 289 g/mol. The zero-order chi connectivity index (χ0) is 16.0. The molecule has 0 saturated carbocycles. The van der Waals surface area contributed by atoms with Crippen molar-refractivity contribution in [2.45, 2.75) is 85.9 Å². The van der Waals surface area contributed by atoms with E-state index < -0.39 is 0 Å². The Kier molecular flexibility index (Phi) is 4.14. The molecule has 1 N–H and O–H groups in total. The van der Waals surface area contributed by atoms with Crippen molar-refractivity contribution in [3.05, 3.63) is 27.8 Å². The molecule has 1 aromatic rings. The lowest BCUT2D eigenvalue weighted by molar-refractivity contribution is 0.0833. The van der Waals surface area contributed by atoms with Gasteiger partial charge in [-0.3, -0.25) is 0 Å². The third-order valence-electron chi connectivity index (χ3n) is 4.69. The maximum atomic E-state index is 6.29. The Balaban J connectivity index is 2.44. The van der Waals surface area contributed by atoms with Gasteiger partial charge >= 0.3 is 0 Å². The lowest BCUT2D eigenvalue weighted by atomic mass is 9.85. The van der Waals surface area contributed by atoms with Gasteiger partial charge in [-0.05, 0) is 96.0 Å². The molecule has 2 rings (SSSR count). The summed E-state index contributed by atoms with van der Waals surface area (Å²) in [4.78, 5) is 0. The molecule has 2 nitrogen and oxygen atoms in total. The average Bonchev–Trinajstić information content (AvgIpc) is 2.33. The van der Waals surface area contributed by atoms with E-state index in [0.29, 0.717) is 0 Å². The van der Waals surface area contributed by atoms with E-state index in [-0.39, 0.29) is 11.1 Å². The first-order valence-corrected chi connectivity index (χ1v) is 8.07. The predicted molar refractivity (Wildman–Crippen MR) is 90.3 cm³/mol. The van der Waals surface area contributed by atoms with Crippen molar-refractivity contribution in [2.75, 3.05) is 0 Å². The zero-order valence-electron chi connectivity index (χ0n) is 15.0. The summed E-state index contributed by atoms with van der Waals surface area (Å²) in [6, 6.07) is 0. The van der Waals surface area contributed by atoms with Gasteiger partial charge in [-0.2, -0.15) is 0 Å². The molecule has 2 heteroatoms. The zero-order valence-corrected chi connectivity index (χ0v) is 15.0. The van der Waals surface area contributed by atoms with Gasteiger partial charge in [0.15, 0.2) is 0 Å². The normalized spacial score (nSPS) is 17.3. The topological polar surface area (TPSA) is 21.3 Å². The SMILES string of the molecule is Cc1c(C)c2c(c(C)c1CNC(C)(C)C)CCC(C)(C)O2. The summed E-state index contributed by atoms with van der Waals surface area (Å²) < 4.78 is 6.29. The van der Waals surface area contributed by atoms with E-state index in [4.69, 9.17) is 4.74 Å². The van der Waals surface area contributed by atoms with Crippen LogP contribution in [0.4, 0.5) is 0 Å². The Bertz CT molecular complexity index is 550. The van der Waals surface area contributed by atoms with Gasteiger partial charge in [-0.1, -0.05) is 0 Å². The van der Waals surface area contributed by atoms with Gasteiger partial charge < -0.3 is 10.1 Å². The Labute approximate surface area is 130 Å². The number of ether oxygens (including phenoxy) is 1. The van der Waals surface area contributed by atoms with E-state index in [1.54, 1.807) is 0 Å². The molecule has 0 saturated heterocycles. The molecular formula is C19H31NO. The molecule has 1 aliphatic rings. The fraction of sp³-hybridized carbons (Fsp3) is 0.684. The molecule has 0 bridgehead atoms. The number of hydrogen-bond acceptors (Lipinski definition) is 2. The van der Waals surface area contributed by atoms with Crippen LogP contribution in [-0.4, -0.2) is 11.1 Å². The molecule has 21 heavy (non-hydrogen) atoms. The summed E-state index contributed by atoms with van der Waals surface area (Å²) in [6.07, 6.45) is 2.22. The third kappa shape index (κ3) is 3.42. The van der Waals surface area contributed by atoms with Crippen molar-refractivity contribution in [3.63, 3.8) is 0 Å². The Hall–Kier alpha value is -1.02. The van der Waals surface area contributed by atoms with Crippen molar-refractivity contribution in [1.82, 2.24) is 5.32 Å². The highest BCUT2D eigenvalue weighted by Gasteiger charge is 2.30. The van der Waals surface area contributed by atoms with E-state index in [0.717, 1.165) is 25.1 Å². The minimum atomic E-state index is -0.0399. The Morgan fingerprint density at radius 3 is 2.24 bits per heavy atom. The number of rotatable bonds is 2. The number of fused-ring (bicyclic) bond motifs is 1. The maximum absolute atomic E-state index is 6.29. The first kappa shape index (κ1) is 16.4. The van der Waals surface area contributed by atoms with Crippen molar-refractivity contribution >= 4 is 0 Å². The minimum Gasteiger partial charge on any atom is -0.487 e. The van der Waals surface area contributed by atoms with Gasteiger partial charge in [-0.15, -0.1) is 0 Å². The first-order valence-electron chi connectivity index (χ1n) is 8.07. The van der Waals surface area contributed by atoms with Gasteiger partial charge in [-0.25, -0.2) is 0 Å².